The van der Waals surface area contributed by atoms with Crippen LogP contribution in [0.4, 0.5) is 0 Å². The van der Waals surface area contributed by atoms with Gasteiger partial charge in [0.2, 0.25) is 0 Å². The fourth-order valence-electron chi connectivity index (χ4n) is 2.29. The number of methoxy groups -OCH3 is 1. The van der Waals surface area contributed by atoms with Gasteiger partial charge in [0, 0.05) is 13.2 Å². The molecule has 0 saturated heterocycles. The summed E-state index contributed by atoms with van der Waals surface area (Å²) >= 11 is 0. The van der Waals surface area contributed by atoms with Gasteiger partial charge in [0.05, 0.1) is 7.11 Å². The molecular formula is C13H17NO3. The van der Waals surface area contributed by atoms with Gasteiger partial charge in [-0.25, -0.2) is 0 Å². The summed E-state index contributed by atoms with van der Waals surface area (Å²) < 4.78 is 4.75. The van der Waals surface area contributed by atoms with E-state index < -0.39 is 0 Å². The minimum atomic E-state index is -0.271. The zero-order chi connectivity index (χ0) is 12.3. The van der Waals surface area contributed by atoms with Crippen molar-refractivity contribution in [2.45, 2.75) is 25.4 Å². The number of fused-ring (bicyclic) bond motifs is 1. The average molecular weight is 235 g/mol. The topological polar surface area (TPSA) is 58.6 Å². The molecule has 1 atom stereocenters. The van der Waals surface area contributed by atoms with Gasteiger partial charge in [-0.05, 0) is 29.5 Å². The highest BCUT2D eigenvalue weighted by molar-refractivity contribution is 5.76. The van der Waals surface area contributed by atoms with Gasteiger partial charge in [-0.1, -0.05) is 18.2 Å². The van der Waals surface area contributed by atoms with Crippen molar-refractivity contribution in [3.63, 3.8) is 0 Å². The van der Waals surface area contributed by atoms with Gasteiger partial charge in [0.1, 0.15) is 6.04 Å². The number of rotatable bonds is 3. The van der Waals surface area contributed by atoms with E-state index in [0.717, 1.165) is 5.56 Å². The van der Waals surface area contributed by atoms with Crippen LogP contribution in [0.1, 0.15) is 16.7 Å². The fraction of sp³-hybridized carbons (Fsp3) is 0.462. The lowest BCUT2D eigenvalue weighted by atomic mass is 9.90. The number of hydrogen-bond acceptors (Lipinski definition) is 4. The lowest BCUT2D eigenvalue weighted by molar-refractivity contribution is -0.143. The second-order valence-electron chi connectivity index (χ2n) is 4.19. The maximum Gasteiger partial charge on any atom is 0.323 e. The fourth-order valence-corrected chi connectivity index (χ4v) is 2.29. The van der Waals surface area contributed by atoms with Crippen LogP contribution in [0, 0.1) is 0 Å². The van der Waals surface area contributed by atoms with Crippen LogP contribution in [0.15, 0.2) is 18.2 Å². The summed E-state index contributed by atoms with van der Waals surface area (Å²) in [7, 11) is 1.40. The number of nitrogens with one attached hydrogen (secondary N) is 1. The third kappa shape index (κ3) is 2.48. The summed E-state index contributed by atoms with van der Waals surface area (Å²) in [5, 5.41) is 12.2. The summed E-state index contributed by atoms with van der Waals surface area (Å²) in [5.74, 6) is -0.227. The first-order valence-corrected chi connectivity index (χ1v) is 5.78. The van der Waals surface area contributed by atoms with Crippen LogP contribution in [-0.2, 0) is 28.9 Å². The van der Waals surface area contributed by atoms with E-state index >= 15 is 0 Å². The van der Waals surface area contributed by atoms with Crippen molar-refractivity contribution < 1.29 is 14.6 Å². The molecule has 92 valence electrons. The Hall–Kier alpha value is -1.39. The molecule has 0 amide bonds. The van der Waals surface area contributed by atoms with Crippen LogP contribution in [0.25, 0.3) is 0 Å². The van der Waals surface area contributed by atoms with Gasteiger partial charge < -0.3 is 15.2 Å². The molecule has 0 radical (unpaired) electrons. The smallest absolute Gasteiger partial charge is 0.323 e. The lowest BCUT2D eigenvalue weighted by Crippen LogP contribution is -2.42. The molecular weight excluding hydrogens is 218 g/mol. The number of esters is 1. The number of hydrogen-bond donors (Lipinski definition) is 2. The minimum Gasteiger partial charge on any atom is -0.468 e. The minimum absolute atomic E-state index is 0.132. The van der Waals surface area contributed by atoms with Gasteiger partial charge in [0.25, 0.3) is 0 Å². The van der Waals surface area contributed by atoms with Crippen molar-refractivity contribution in [3.05, 3.63) is 34.9 Å². The number of carbonyl (C=O) groups excluding carboxylic acids is 1. The van der Waals surface area contributed by atoms with Crippen molar-refractivity contribution in [2.75, 3.05) is 13.7 Å². The Morgan fingerprint density at radius 3 is 3.12 bits per heavy atom. The van der Waals surface area contributed by atoms with E-state index in [9.17, 15) is 4.79 Å². The summed E-state index contributed by atoms with van der Waals surface area (Å²) in [4.78, 5) is 11.5. The highest BCUT2D eigenvalue weighted by atomic mass is 16.5. The molecule has 0 bridgehead atoms. The van der Waals surface area contributed by atoms with Crippen LogP contribution in [0.5, 0.6) is 0 Å². The maximum absolute atomic E-state index is 11.5. The Morgan fingerprint density at radius 2 is 2.41 bits per heavy atom. The molecule has 2 rings (SSSR count). The first-order valence-electron chi connectivity index (χ1n) is 5.78. The Bertz CT molecular complexity index is 417. The molecule has 0 aromatic heterocycles. The summed E-state index contributed by atoms with van der Waals surface area (Å²) in [6.45, 7) is 0.807. The van der Waals surface area contributed by atoms with E-state index in [1.54, 1.807) is 0 Å². The second-order valence-corrected chi connectivity index (χ2v) is 4.19. The molecule has 0 aliphatic carbocycles. The molecule has 1 unspecified atom stereocenters. The van der Waals surface area contributed by atoms with Gasteiger partial charge in [-0.3, -0.25) is 4.79 Å². The van der Waals surface area contributed by atoms with Crippen LogP contribution >= 0.6 is 0 Å². The predicted octanol–water partition coefficient (Wildman–Crippen LogP) is 0.409. The Kier molecular flexibility index (Phi) is 3.76. The van der Waals surface area contributed by atoms with E-state index in [1.165, 1.54) is 18.2 Å². The number of carbonyl (C=O) groups is 1. The van der Waals surface area contributed by atoms with Crippen LogP contribution in [0.3, 0.4) is 0 Å². The molecule has 0 fully saturated rings. The Labute approximate surface area is 101 Å². The first kappa shape index (κ1) is 12.1. The second kappa shape index (κ2) is 5.29. The molecule has 2 N–H and O–H groups in total. The highest BCUT2D eigenvalue weighted by Crippen LogP contribution is 2.21. The van der Waals surface area contributed by atoms with Crippen LogP contribution in [0.2, 0.25) is 0 Å². The van der Waals surface area contributed by atoms with Crippen LogP contribution in [-0.4, -0.2) is 30.8 Å². The van der Waals surface area contributed by atoms with Gasteiger partial charge in [-0.15, -0.1) is 0 Å². The SMILES string of the molecule is COC(=O)C1Cc2c(CCO)cccc2CN1. The predicted molar refractivity (Wildman–Crippen MR) is 63.6 cm³/mol. The van der Waals surface area contributed by atoms with E-state index in [0.29, 0.717) is 19.4 Å². The first-order chi connectivity index (χ1) is 8.26. The number of aliphatic hydroxyl groups is 1. The Morgan fingerprint density at radius 1 is 1.59 bits per heavy atom. The van der Waals surface area contributed by atoms with Crippen molar-refractivity contribution in [1.82, 2.24) is 5.32 Å². The lowest BCUT2D eigenvalue weighted by Gasteiger charge is -2.26. The van der Waals surface area contributed by atoms with E-state index in [4.69, 9.17) is 9.84 Å². The van der Waals surface area contributed by atoms with Gasteiger partial charge in [0.15, 0.2) is 0 Å². The van der Waals surface area contributed by atoms with Crippen molar-refractivity contribution in [2.24, 2.45) is 0 Å². The van der Waals surface area contributed by atoms with E-state index in [2.05, 4.69) is 11.4 Å². The normalized spacial score (nSPS) is 18.6. The molecule has 1 aliphatic heterocycles. The summed E-state index contributed by atoms with van der Waals surface area (Å²) in [6, 6.07) is 5.78. The van der Waals surface area contributed by atoms with E-state index in [-0.39, 0.29) is 18.6 Å². The third-order valence-corrected chi connectivity index (χ3v) is 3.18. The van der Waals surface area contributed by atoms with Gasteiger partial charge in [-0.2, -0.15) is 0 Å². The number of aliphatic hydroxyl groups excluding tert-OH is 1. The molecule has 1 aromatic carbocycles. The summed E-state index contributed by atoms with van der Waals surface area (Å²) in [6.07, 6.45) is 1.27. The average Bonchev–Trinajstić information content (AvgIpc) is 2.38. The monoisotopic (exact) mass is 235 g/mol. The zero-order valence-corrected chi connectivity index (χ0v) is 9.90. The van der Waals surface area contributed by atoms with Crippen molar-refractivity contribution >= 4 is 5.97 Å². The standard InChI is InChI=1S/C13H17NO3/c1-17-13(16)12-7-11-9(5-6-15)3-2-4-10(11)8-14-12/h2-4,12,14-15H,5-8H2,1H3. The number of benzene rings is 1. The van der Waals surface area contributed by atoms with Crippen molar-refractivity contribution in [1.29, 1.82) is 0 Å². The van der Waals surface area contributed by atoms with Crippen molar-refractivity contribution in [3.8, 4) is 0 Å². The zero-order valence-electron chi connectivity index (χ0n) is 9.90. The molecule has 0 saturated carbocycles. The molecule has 1 aromatic rings. The Balaban J connectivity index is 2.25. The van der Waals surface area contributed by atoms with Crippen LogP contribution < -0.4 is 5.32 Å². The highest BCUT2D eigenvalue weighted by Gasteiger charge is 2.25. The molecule has 4 heteroatoms. The van der Waals surface area contributed by atoms with Gasteiger partial charge >= 0.3 is 5.97 Å². The quantitative estimate of drug-likeness (QED) is 0.745. The van der Waals surface area contributed by atoms with E-state index in [1.807, 2.05) is 12.1 Å². The maximum atomic E-state index is 11.5. The summed E-state index contributed by atoms with van der Waals surface area (Å²) in [5.41, 5.74) is 3.51. The largest absolute Gasteiger partial charge is 0.468 e. The molecule has 17 heavy (non-hydrogen) atoms. The molecule has 1 heterocycles. The molecule has 4 nitrogen and oxygen atoms in total. The number of ether oxygens (including phenoxy) is 1. The molecule has 1 aliphatic rings. The molecule has 0 spiro atoms. The third-order valence-electron chi connectivity index (χ3n) is 3.18.